The highest BCUT2D eigenvalue weighted by Gasteiger charge is 2.43. The van der Waals surface area contributed by atoms with E-state index in [2.05, 4.69) is 44.1 Å². The molecule has 1 heterocycles. The van der Waals surface area contributed by atoms with Gasteiger partial charge in [0.1, 0.15) is 0 Å². The first-order valence-electron chi connectivity index (χ1n) is 8.97. The first-order chi connectivity index (χ1) is 12.7. The smallest absolute Gasteiger partial charge is 0.246 e. The van der Waals surface area contributed by atoms with Crippen LogP contribution in [0.2, 0.25) is 5.02 Å². The molecule has 2 atom stereocenters. The van der Waals surface area contributed by atoms with Crippen LogP contribution >= 0.6 is 23.5 Å². The van der Waals surface area contributed by atoms with Crippen molar-refractivity contribution in [2.75, 3.05) is 0 Å². The van der Waals surface area contributed by atoms with E-state index in [-0.39, 0.29) is 23.4 Å². The van der Waals surface area contributed by atoms with E-state index in [1.54, 1.807) is 11.9 Å². The summed E-state index contributed by atoms with van der Waals surface area (Å²) in [4.78, 5) is 13.5. The molecule has 2 aromatic carbocycles. The van der Waals surface area contributed by atoms with Crippen LogP contribution in [0.3, 0.4) is 0 Å². The van der Waals surface area contributed by atoms with Crippen molar-refractivity contribution in [2.45, 2.75) is 44.7 Å². The second-order valence-corrected chi connectivity index (χ2v) is 9.45. The number of halogens is 1. The van der Waals surface area contributed by atoms with Gasteiger partial charge in [-0.3, -0.25) is 4.79 Å². The van der Waals surface area contributed by atoms with Gasteiger partial charge in [-0.1, -0.05) is 68.8 Å². The Morgan fingerprint density at radius 3 is 2.30 bits per heavy atom. The zero-order valence-corrected chi connectivity index (χ0v) is 17.6. The fourth-order valence-corrected chi connectivity index (χ4v) is 4.87. The number of nitrogens with two attached hydrogens (primary N) is 1. The zero-order chi connectivity index (χ0) is 19.8. The molecular formula is C22H25ClN2OS. The molecule has 0 saturated heterocycles. The fourth-order valence-electron chi connectivity index (χ4n) is 3.33. The highest BCUT2D eigenvalue weighted by molar-refractivity contribution is 7.97. The number of aryl methyl sites for hydroxylation is 1. The van der Waals surface area contributed by atoms with Crippen LogP contribution in [0.25, 0.3) is 0 Å². The van der Waals surface area contributed by atoms with Crippen molar-refractivity contribution >= 4 is 29.5 Å². The third-order valence-electron chi connectivity index (χ3n) is 4.82. The molecule has 0 bridgehead atoms. The summed E-state index contributed by atoms with van der Waals surface area (Å²) in [7, 11) is 0. The Kier molecular flexibility index (Phi) is 5.71. The van der Waals surface area contributed by atoms with Gasteiger partial charge in [0.2, 0.25) is 5.91 Å². The largest absolute Gasteiger partial charge is 0.366 e. The Labute approximate surface area is 170 Å². The molecule has 1 aliphatic heterocycles. The second kappa shape index (κ2) is 7.70. The molecule has 142 valence electrons. The molecular weight excluding hydrogens is 376 g/mol. The number of nitrogens with zero attached hydrogens (tertiary/aromatic N) is 1. The van der Waals surface area contributed by atoms with Crippen molar-refractivity contribution in [1.82, 2.24) is 4.31 Å². The number of hydrogen-bond donors (Lipinski definition) is 1. The Hall–Kier alpha value is -1.75. The van der Waals surface area contributed by atoms with Crippen LogP contribution in [0.4, 0.5) is 0 Å². The van der Waals surface area contributed by atoms with Crippen molar-refractivity contribution in [3.05, 3.63) is 76.3 Å². The predicted octanol–water partition coefficient (Wildman–Crippen LogP) is 5.54. The van der Waals surface area contributed by atoms with Gasteiger partial charge in [-0.15, -0.1) is 0 Å². The van der Waals surface area contributed by atoms with Crippen molar-refractivity contribution < 1.29 is 4.79 Å². The number of hydrogen-bond acceptors (Lipinski definition) is 3. The van der Waals surface area contributed by atoms with Gasteiger partial charge in [0.25, 0.3) is 0 Å². The minimum absolute atomic E-state index is 0.0580. The maximum Gasteiger partial charge on any atom is 0.246 e. The summed E-state index contributed by atoms with van der Waals surface area (Å²) in [6, 6.07) is 15.8. The molecule has 1 amide bonds. The minimum atomic E-state index is -0.378. The first kappa shape index (κ1) is 20.0. The van der Waals surface area contributed by atoms with E-state index in [9.17, 15) is 4.79 Å². The SMILES string of the molecule is Cc1ccccc1SN1C(c2ccc(Cl)cc2)C(C(N)=O)=CC1C(C)(C)C. The minimum Gasteiger partial charge on any atom is -0.366 e. The van der Waals surface area contributed by atoms with Gasteiger partial charge < -0.3 is 5.73 Å². The predicted molar refractivity (Wildman–Crippen MR) is 114 cm³/mol. The standard InChI is InChI=1S/C22H25ClN2OS/c1-14-7-5-6-8-18(14)27-25-19(22(2,3)4)13-17(21(24)26)20(25)15-9-11-16(23)12-10-15/h5-13,19-20H,1-4H3,(H2,24,26). The number of carbonyl (C=O) groups is 1. The van der Waals surface area contributed by atoms with E-state index in [4.69, 9.17) is 17.3 Å². The number of rotatable bonds is 4. The van der Waals surface area contributed by atoms with Crippen LogP contribution in [0.1, 0.15) is 37.9 Å². The molecule has 27 heavy (non-hydrogen) atoms. The topological polar surface area (TPSA) is 46.3 Å². The number of primary amides is 1. The first-order valence-corrected chi connectivity index (χ1v) is 10.1. The summed E-state index contributed by atoms with van der Waals surface area (Å²) in [5, 5.41) is 0.673. The summed E-state index contributed by atoms with van der Waals surface area (Å²) >= 11 is 7.76. The average molecular weight is 401 g/mol. The van der Waals surface area contributed by atoms with Gasteiger partial charge in [0, 0.05) is 21.5 Å². The third-order valence-corrected chi connectivity index (χ3v) is 6.37. The molecule has 0 aromatic heterocycles. The summed E-state index contributed by atoms with van der Waals surface area (Å²) in [5.74, 6) is -0.378. The molecule has 0 radical (unpaired) electrons. The molecule has 3 rings (SSSR count). The van der Waals surface area contributed by atoms with Gasteiger partial charge in [-0.2, -0.15) is 0 Å². The van der Waals surface area contributed by atoms with Crippen LogP contribution < -0.4 is 5.73 Å². The summed E-state index contributed by atoms with van der Waals surface area (Å²) < 4.78 is 2.30. The van der Waals surface area contributed by atoms with Crippen LogP contribution in [0.15, 0.2) is 65.1 Å². The highest BCUT2D eigenvalue weighted by atomic mass is 35.5. The van der Waals surface area contributed by atoms with Crippen molar-refractivity contribution in [1.29, 1.82) is 0 Å². The Morgan fingerprint density at radius 2 is 1.74 bits per heavy atom. The molecule has 1 aliphatic rings. The molecule has 2 unspecified atom stereocenters. The molecule has 2 N–H and O–H groups in total. The lowest BCUT2D eigenvalue weighted by molar-refractivity contribution is -0.114. The monoisotopic (exact) mass is 400 g/mol. The van der Waals surface area contributed by atoms with Crippen molar-refractivity contribution in [3.8, 4) is 0 Å². The maximum atomic E-state index is 12.3. The Balaban J connectivity index is 2.09. The molecule has 5 heteroatoms. The van der Waals surface area contributed by atoms with E-state index in [1.807, 2.05) is 42.5 Å². The summed E-state index contributed by atoms with van der Waals surface area (Å²) in [6.07, 6.45) is 2.03. The lowest BCUT2D eigenvalue weighted by Crippen LogP contribution is -2.37. The van der Waals surface area contributed by atoms with Gasteiger partial charge in [-0.25, -0.2) is 4.31 Å². The molecule has 0 spiro atoms. The van der Waals surface area contributed by atoms with Gasteiger partial charge in [-0.05, 0) is 53.6 Å². The van der Waals surface area contributed by atoms with Crippen molar-refractivity contribution in [3.63, 3.8) is 0 Å². The van der Waals surface area contributed by atoms with E-state index >= 15 is 0 Å². The number of benzene rings is 2. The Morgan fingerprint density at radius 1 is 1.11 bits per heavy atom. The number of amides is 1. The lowest BCUT2D eigenvalue weighted by atomic mass is 9.87. The summed E-state index contributed by atoms with van der Waals surface area (Å²) in [5.41, 5.74) is 8.57. The lowest BCUT2D eigenvalue weighted by Gasteiger charge is -2.37. The summed E-state index contributed by atoms with van der Waals surface area (Å²) in [6.45, 7) is 8.65. The van der Waals surface area contributed by atoms with Crippen LogP contribution in [0, 0.1) is 12.3 Å². The van der Waals surface area contributed by atoms with E-state index in [0.717, 1.165) is 5.56 Å². The van der Waals surface area contributed by atoms with E-state index < -0.39 is 0 Å². The molecule has 0 fully saturated rings. The second-order valence-electron chi connectivity index (χ2n) is 7.97. The van der Waals surface area contributed by atoms with Crippen LogP contribution in [0.5, 0.6) is 0 Å². The van der Waals surface area contributed by atoms with E-state index in [1.165, 1.54) is 10.5 Å². The third kappa shape index (κ3) is 4.23. The fraction of sp³-hybridized carbons (Fsp3) is 0.318. The Bertz CT molecular complexity index is 871. The zero-order valence-electron chi connectivity index (χ0n) is 16.1. The highest BCUT2D eigenvalue weighted by Crippen LogP contribution is 2.48. The molecule has 3 nitrogen and oxygen atoms in total. The number of carbonyl (C=O) groups excluding carboxylic acids is 1. The maximum absolute atomic E-state index is 12.3. The normalized spacial score (nSPS) is 20.6. The molecule has 2 aromatic rings. The van der Waals surface area contributed by atoms with Gasteiger partial charge >= 0.3 is 0 Å². The van der Waals surface area contributed by atoms with Gasteiger partial charge in [0.15, 0.2) is 0 Å². The van der Waals surface area contributed by atoms with Gasteiger partial charge in [0.05, 0.1) is 6.04 Å². The van der Waals surface area contributed by atoms with Crippen molar-refractivity contribution in [2.24, 2.45) is 11.1 Å². The van der Waals surface area contributed by atoms with Crippen LogP contribution in [-0.4, -0.2) is 16.3 Å². The molecule has 0 aliphatic carbocycles. The quantitative estimate of drug-likeness (QED) is 0.685. The molecule has 0 saturated carbocycles. The van der Waals surface area contributed by atoms with E-state index in [0.29, 0.717) is 10.6 Å². The average Bonchev–Trinajstić information content (AvgIpc) is 2.97. The van der Waals surface area contributed by atoms with Crippen LogP contribution in [-0.2, 0) is 4.79 Å².